The second kappa shape index (κ2) is 9.43. The highest BCUT2D eigenvalue weighted by Crippen LogP contribution is 2.34. The third-order valence-corrected chi connectivity index (χ3v) is 8.77. The van der Waals surface area contributed by atoms with Crippen LogP contribution in [0.25, 0.3) is 0 Å². The maximum absolute atomic E-state index is 13.9. The molecule has 0 fully saturated rings. The minimum Gasteiger partial charge on any atom is -0.364 e. The molecule has 0 amide bonds. The fraction of sp³-hybridized carbons (Fsp3) is 0.200. The summed E-state index contributed by atoms with van der Waals surface area (Å²) in [5.41, 5.74) is 3.48. The minimum absolute atomic E-state index is 0.281. The van der Waals surface area contributed by atoms with Crippen LogP contribution in [-0.4, -0.2) is 35.3 Å². The summed E-state index contributed by atoms with van der Waals surface area (Å²) in [5, 5.41) is 11.4. The molecular formula is C25H23N5O2S2. The molecule has 2 aromatic heterocycles. The van der Waals surface area contributed by atoms with Gasteiger partial charge in [0, 0.05) is 35.9 Å². The van der Waals surface area contributed by atoms with Crippen molar-refractivity contribution in [1.29, 1.82) is 5.26 Å². The van der Waals surface area contributed by atoms with Crippen LogP contribution in [0.2, 0.25) is 0 Å². The van der Waals surface area contributed by atoms with Crippen molar-refractivity contribution in [1.82, 2.24) is 14.3 Å². The molecule has 1 N–H and O–H groups in total. The quantitative estimate of drug-likeness (QED) is 0.421. The van der Waals surface area contributed by atoms with Crippen LogP contribution in [0.1, 0.15) is 21.7 Å². The van der Waals surface area contributed by atoms with Gasteiger partial charge in [0.1, 0.15) is 0 Å². The first-order chi connectivity index (χ1) is 16.5. The molecule has 7 nitrogen and oxygen atoms in total. The molecule has 0 aliphatic carbocycles. The van der Waals surface area contributed by atoms with Gasteiger partial charge in [-0.05, 0) is 53.8 Å². The Hall–Kier alpha value is -3.45. The number of H-pyrrole nitrogens is 1. The predicted molar refractivity (Wildman–Crippen MR) is 132 cm³/mol. The molecule has 9 heteroatoms. The van der Waals surface area contributed by atoms with E-state index in [9.17, 15) is 13.7 Å². The number of anilines is 1. The predicted octanol–water partition coefficient (Wildman–Crippen LogP) is 4.17. The fourth-order valence-corrected chi connectivity index (χ4v) is 6.81. The normalized spacial score (nSPS) is 15.8. The summed E-state index contributed by atoms with van der Waals surface area (Å²) in [7, 11) is -3.75. The van der Waals surface area contributed by atoms with E-state index in [-0.39, 0.29) is 10.9 Å². The van der Waals surface area contributed by atoms with Gasteiger partial charge in [0.25, 0.3) is 0 Å². The van der Waals surface area contributed by atoms with Gasteiger partial charge in [-0.3, -0.25) is 0 Å². The summed E-state index contributed by atoms with van der Waals surface area (Å²) >= 11 is 1.55. The second-order valence-electron chi connectivity index (χ2n) is 8.21. The highest BCUT2D eigenvalue weighted by atomic mass is 32.2. The molecule has 1 aliphatic heterocycles. The molecule has 5 rings (SSSR count). The van der Waals surface area contributed by atoms with Crippen molar-refractivity contribution in [2.75, 3.05) is 11.4 Å². The molecule has 0 spiro atoms. The van der Waals surface area contributed by atoms with Crippen LogP contribution in [0.4, 0.5) is 5.69 Å². The van der Waals surface area contributed by atoms with E-state index in [0.717, 1.165) is 21.8 Å². The summed E-state index contributed by atoms with van der Waals surface area (Å²) in [6.07, 6.45) is 3.94. The molecule has 0 bridgehead atoms. The van der Waals surface area contributed by atoms with Gasteiger partial charge in [0.2, 0.25) is 10.0 Å². The van der Waals surface area contributed by atoms with Crippen molar-refractivity contribution < 1.29 is 8.42 Å². The Morgan fingerprint density at radius 3 is 2.74 bits per heavy atom. The number of thiophene rings is 1. The highest BCUT2D eigenvalue weighted by Gasteiger charge is 2.36. The summed E-state index contributed by atoms with van der Waals surface area (Å²) < 4.78 is 29.3. The molecule has 0 saturated carbocycles. The highest BCUT2D eigenvalue weighted by molar-refractivity contribution is 7.89. The van der Waals surface area contributed by atoms with E-state index in [1.807, 2.05) is 41.8 Å². The maximum Gasteiger partial charge on any atom is 0.243 e. The lowest BCUT2D eigenvalue weighted by Crippen LogP contribution is -2.50. The maximum atomic E-state index is 13.9. The van der Waals surface area contributed by atoms with Gasteiger partial charge < -0.3 is 9.88 Å². The third-order valence-electron chi connectivity index (χ3n) is 6.00. The second-order valence-corrected chi connectivity index (χ2v) is 11.1. The summed E-state index contributed by atoms with van der Waals surface area (Å²) in [6, 6.07) is 20.0. The van der Waals surface area contributed by atoms with Crippen molar-refractivity contribution >= 4 is 27.0 Å². The monoisotopic (exact) mass is 489 g/mol. The van der Waals surface area contributed by atoms with Crippen molar-refractivity contribution in [2.45, 2.75) is 30.4 Å². The summed E-state index contributed by atoms with van der Waals surface area (Å²) in [4.78, 5) is 10.7. The molecule has 4 aromatic rings. The van der Waals surface area contributed by atoms with Gasteiger partial charge in [0.15, 0.2) is 0 Å². The number of aromatic nitrogens is 2. The van der Waals surface area contributed by atoms with Crippen molar-refractivity contribution in [3.8, 4) is 6.07 Å². The van der Waals surface area contributed by atoms with Gasteiger partial charge >= 0.3 is 0 Å². The Morgan fingerprint density at radius 1 is 1.18 bits per heavy atom. The lowest BCUT2D eigenvalue weighted by Gasteiger charge is -2.40. The van der Waals surface area contributed by atoms with E-state index >= 15 is 0 Å². The Labute approximate surface area is 203 Å². The molecule has 2 aromatic carbocycles. The number of sulfonamides is 1. The number of nitriles is 1. The Bertz CT molecular complexity index is 1400. The van der Waals surface area contributed by atoms with Crippen molar-refractivity contribution in [3.63, 3.8) is 0 Å². The van der Waals surface area contributed by atoms with Crippen LogP contribution in [0.15, 0.2) is 83.5 Å². The van der Waals surface area contributed by atoms with Crippen LogP contribution in [0.5, 0.6) is 0 Å². The average molecular weight is 490 g/mol. The first-order valence-corrected chi connectivity index (χ1v) is 13.2. The van der Waals surface area contributed by atoms with E-state index in [0.29, 0.717) is 31.6 Å². The van der Waals surface area contributed by atoms with Crippen LogP contribution in [0.3, 0.4) is 0 Å². The van der Waals surface area contributed by atoms with Gasteiger partial charge in [-0.15, -0.1) is 11.3 Å². The zero-order valence-electron chi connectivity index (χ0n) is 18.3. The number of hydrogen-bond donors (Lipinski definition) is 1. The van der Waals surface area contributed by atoms with Gasteiger partial charge in [-0.25, -0.2) is 13.4 Å². The number of aromatic amines is 1. The number of rotatable bonds is 7. The molecule has 1 unspecified atom stereocenters. The van der Waals surface area contributed by atoms with Crippen LogP contribution in [-0.2, 0) is 29.5 Å². The largest absolute Gasteiger partial charge is 0.364 e. The third kappa shape index (κ3) is 4.48. The molecule has 1 atom stereocenters. The van der Waals surface area contributed by atoms with Crippen molar-refractivity contribution in [3.05, 3.63) is 100 Å². The molecule has 3 heterocycles. The zero-order valence-corrected chi connectivity index (χ0v) is 20.0. The van der Waals surface area contributed by atoms with Crippen molar-refractivity contribution in [2.24, 2.45) is 0 Å². The minimum atomic E-state index is -3.75. The number of imidazole rings is 1. The number of fused-ring (bicyclic) bond motifs is 1. The standard InChI is InChI=1S/C25H23N5O2S2/c26-13-19-8-9-25-20(11-19)12-22(16-29(25)15-21-14-27-18-28-21)30(17-23-5-4-10-33-23)34(31,32)24-6-2-1-3-7-24/h1-11,14,18,22H,12,15-17H2,(H,27,28). The Balaban J connectivity index is 1.56. The molecule has 0 radical (unpaired) electrons. The van der Waals surface area contributed by atoms with Gasteiger partial charge in [0.05, 0.1) is 35.1 Å². The number of hydrogen-bond acceptors (Lipinski definition) is 6. The molecular weight excluding hydrogens is 466 g/mol. The lowest BCUT2D eigenvalue weighted by atomic mass is 9.95. The fourth-order valence-electron chi connectivity index (χ4n) is 4.41. The SMILES string of the molecule is N#Cc1ccc2c(c1)CC(N(Cc1cccs1)S(=O)(=O)c1ccccc1)CN2Cc1cnc[nH]1. The first-order valence-electron chi connectivity index (χ1n) is 10.9. The molecule has 172 valence electrons. The number of nitrogens with one attached hydrogen (secondary N) is 1. The number of nitrogens with zero attached hydrogens (tertiary/aromatic N) is 4. The smallest absolute Gasteiger partial charge is 0.243 e. The van der Waals surface area contributed by atoms with Crippen LogP contribution < -0.4 is 4.90 Å². The van der Waals surface area contributed by atoms with E-state index < -0.39 is 10.0 Å². The number of benzene rings is 2. The van der Waals surface area contributed by atoms with Gasteiger partial charge in [-0.1, -0.05) is 24.3 Å². The molecule has 1 aliphatic rings. The first kappa shape index (κ1) is 22.3. The summed E-state index contributed by atoms with van der Waals surface area (Å²) in [6.45, 7) is 1.38. The van der Waals surface area contributed by atoms with E-state index in [2.05, 4.69) is 20.9 Å². The zero-order chi connectivity index (χ0) is 23.5. The van der Waals surface area contributed by atoms with E-state index in [4.69, 9.17) is 0 Å². The van der Waals surface area contributed by atoms with Gasteiger partial charge in [-0.2, -0.15) is 9.57 Å². The van der Waals surface area contributed by atoms with Crippen LogP contribution >= 0.6 is 11.3 Å². The average Bonchev–Trinajstić information content (AvgIpc) is 3.57. The topological polar surface area (TPSA) is 93.1 Å². The van der Waals surface area contributed by atoms with E-state index in [1.54, 1.807) is 52.4 Å². The molecule has 0 saturated heterocycles. The Kier molecular flexibility index (Phi) is 6.20. The summed E-state index contributed by atoms with van der Waals surface area (Å²) in [5.74, 6) is 0. The Morgan fingerprint density at radius 2 is 2.03 bits per heavy atom. The van der Waals surface area contributed by atoms with Crippen LogP contribution in [0, 0.1) is 11.3 Å². The van der Waals surface area contributed by atoms with E-state index in [1.165, 1.54) is 0 Å². The lowest BCUT2D eigenvalue weighted by molar-refractivity contribution is 0.304. The molecule has 34 heavy (non-hydrogen) atoms.